The van der Waals surface area contributed by atoms with Crippen LogP contribution in [-0.4, -0.2) is 164 Å². The SMILES string of the molecule is CC(=O)N[C@H]1CNC(=O)C[C@@H](C(=O)N2CCC[C@H]2C(=O)N2CCC[C@H]2C(C)=O)NC(=O)[C@H](Cc2c[nH]c3ccccc23)NC(=O)[C@H](CCCNC(=N)N)NC(=O)[C@@H](Cc2ccccc2)NC(=O)[C@H](Cc2c[nH]cn2)NC1=O. The third-order valence-electron chi connectivity index (χ3n) is 13.9. The molecule has 0 radical (unpaired) electrons. The Bertz CT molecular complexity index is 2820. The molecule has 0 unspecified atom stereocenters. The van der Waals surface area contributed by atoms with Gasteiger partial charge in [-0.3, -0.25) is 53.4 Å². The predicted molar refractivity (Wildman–Crippen MR) is 279 cm³/mol. The molecule has 3 aliphatic rings. The number of nitrogens with two attached hydrogens (primary N) is 1. The van der Waals surface area contributed by atoms with Crippen LogP contribution in [0, 0.1) is 5.41 Å². The molecule has 7 rings (SSSR count). The first-order valence-electron chi connectivity index (χ1n) is 25.8. The molecule has 5 heterocycles. The molecule has 25 nitrogen and oxygen atoms in total. The van der Waals surface area contributed by atoms with E-state index in [1.165, 1.54) is 29.2 Å². The van der Waals surface area contributed by atoms with Gasteiger partial charge in [-0.05, 0) is 62.6 Å². The second kappa shape index (κ2) is 26.2. The number of guanidine groups is 1. The van der Waals surface area contributed by atoms with Crippen molar-refractivity contribution in [3.05, 3.63) is 90.1 Å². The minimum atomic E-state index is -1.69. The van der Waals surface area contributed by atoms with Crippen molar-refractivity contribution in [2.45, 2.75) is 126 Å². The number of ketones is 1. The van der Waals surface area contributed by atoms with Crippen molar-refractivity contribution < 1.29 is 47.9 Å². The molecule has 77 heavy (non-hydrogen) atoms. The topological polar surface area (TPSA) is 368 Å². The molecule has 25 heteroatoms. The molecule has 0 spiro atoms. The third-order valence-corrected chi connectivity index (χ3v) is 13.9. The number of hydrogen-bond donors (Lipinski definition) is 12. The number of Topliss-reactive ketones (excluding diaryl/α,β-unsaturated/α-hetero) is 1. The number of likely N-dealkylation sites (tertiary alicyclic amines) is 2. The molecule has 410 valence electrons. The fourth-order valence-electron chi connectivity index (χ4n) is 10.0. The van der Waals surface area contributed by atoms with E-state index in [9.17, 15) is 47.9 Å². The van der Waals surface area contributed by atoms with Gasteiger partial charge in [0.1, 0.15) is 42.3 Å². The Morgan fingerprint density at radius 2 is 1.32 bits per heavy atom. The van der Waals surface area contributed by atoms with E-state index in [1.54, 1.807) is 42.6 Å². The van der Waals surface area contributed by atoms with E-state index in [0.29, 0.717) is 53.5 Å². The molecular weight excluding hydrogens is 995 g/mol. The zero-order valence-corrected chi connectivity index (χ0v) is 42.9. The first kappa shape index (κ1) is 56.1. The van der Waals surface area contributed by atoms with E-state index in [4.69, 9.17) is 11.1 Å². The molecule has 3 aliphatic heterocycles. The zero-order valence-electron chi connectivity index (χ0n) is 42.9. The zero-order chi connectivity index (χ0) is 55.2. The predicted octanol–water partition coefficient (Wildman–Crippen LogP) is -1.80. The molecule has 0 aliphatic carbocycles. The van der Waals surface area contributed by atoms with Crippen LogP contribution in [0.3, 0.4) is 0 Å². The van der Waals surface area contributed by atoms with Gasteiger partial charge in [0.2, 0.25) is 53.2 Å². The van der Waals surface area contributed by atoms with Gasteiger partial charge in [0.25, 0.3) is 0 Å². The lowest BCUT2D eigenvalue weighted by molar-refractivity contribution is -0.148. The quantitative estimate of drug-likeness (QED) is 0.0378. The maximum atomic E-state index is 15.0. The van der Waals surface area contributed by atoms with Crippen LogP contribution < -0.4 is 48.3 Å². The minimum absolute atomic E-state index is 0.0697. The summed E-state index contributed by atoms with van der Waals surface area (Å²) in [4.78, 5) is 155. The molecule has 9 amide bonds. The van der Waals surface area contributed by atoms with Crippen molar-refractivity contribution in [2.75, 3.05) is 26.2 Å². The summed E-state index contributed by atoms with van der Waals surface area (Å²) in [5.74, 6) is -7.67. The number of imidazole rings is 1. The lowest BCUT2D eigenvalue weighted by Crippen LogP contribution is -2.62. The molecule has 8 atom stereocenters. The van der Waals surface area contributed by atoms with E-state index in [-0.39, 0.29) is 63.4 Å². The van der Waals surface area contributed by atoms with Crippen LogP contribution in [-0.2, 0) is 67.2 Å². The number of fused-ring (bicyclic) bond motifs is 1. The van der Waals surface area contributed by atoms with Crippen molar-refractivity contribution in [3.63, 3.8) is 0 Å². The van der Waals surface area contributed by atoms with E-state index < -0.39 is 114 Å². The summed E-state index contributed by atoms with van der Waals surface area (Å²) in [5, 5.41) is 29.8. The molecule has 2 aromatic carbocycles. The summed E-state index contributed by atoms with van der Waals surface area (Å²) < 4.78 is 0. The highest BCUT2D eigenvalue weighted by molar-refractivity contribution is 6.00. The van der Waals surface area contributed by atoms with E-state index >= 15 is 0 Å². The Labute approximate surface area is 443 Å². The van der Waals surface area contributed by atoms with Gasteiger partial charge in [-0.1, -0.05) is 48.5 Å². The number of carbonyl (C=O) groups is 10. The Balaban J connectivity index is 1.29. The van der Waals surface area contributed by atoms with Crippen LogP contribution in [0.2, 0.25) is 0 Å². The van der Waals surface area contributed by atoms with Crippen molar-refractivity contribution >= 4 is 75.8 Å². The monoisotopic (exact) mass is 1060 g/mol. The Hall–Kier alpha value is -8.64. The van der Waals surface area contributed by atoms with Crippen molar-refractivity contribution in [2.24, 2.45) is 5.73 Å². The number of H-pyrrole nitrogens is 2. The smallest absolute Gasteiger partial charge is 0.246 e. The highest BCUT2D eigenvalue weighted by Crippen LogP contribution is 2.27. The number of aromatic nitrogens is 3. The number of benzene rings is 2. The maximum Gasteiger partial charge on any atom is 0.246 e. The molecule has 0 bridgehead atoms. The van der Waals surface area contributed by atoms with E-state index in [2.05, 4.69) is 57.5 Å². The number of amides is 9. The molecule has 3 fully saturated rings. The summed E-state index contributed by atoms with van der Waals surface area (Å²) in [5.41, 5.74) is 7.80. The van der Waals surface area contributed by atoms with Gasteiger partial charge in [0.15, 0.2) is 11.7 Å². The average Bonchev–Trinajstić information content (AvgIpc) is 4.28. The highest BCUT2D eigenvalue weighted by atomic mass is 16.2. The van der Waals surface area contributed by atoms with Crippen LogP contribution >= 0.6 is 0 Å². The molecule has 4 aromatic rings. The number of aromatic amines is 2. The van der Waals surface area contributed by atoms with E-state index in [1.807, 2.05) is 18.2 Å². The molecule has 0 saturated carbocycles. The summed E-state index contributed by atoms with van der Waals surface area (Å²) in [7, 11) is 0. The fourth-order valence-corrected chi connectivity index (χ4v) is 10.0. The lowest BCUT2D eigenvalue weighted by Gasteiger charge is -2.33. The Morgan fingerprint density at radius 1 is 0.714 bits per heavy atom. The van der Waals surface area contributed by atoms with Crippen molar-refractivity contribution in [3.8, 4) is 0 Å². The van der Waals surface area contributed by atoms with Gasteiger partial charge in [-0.25, -0.2) is 4.98 Å². The van der Waals surface area contributed by atoms with E-state index in [0.717, 1.165) is 6.92 Å². The number of rotatable bonds is 14. The average molecular weight is 1060 g/mol. The summed E-state index contributed by atoms with van der Waals surface area (Å²) in [6.45, 7) is 2.46. The molecule has 13 N–H and O–H groups in total. The normalized spacial score (nSPS) is 24.1. The minimum Gasteiger partial charge on any atom is -0.370 e. The van der Waals surface area contributed by atoms with Gasteiger partial charge in [-0.15, -0.1) is 0 Å². The largest absolute Gasteiger partial charge is 0.370 e. The maximum absolute atomic E-state index is 15.0. The first-order valence-corrected chi connectivity index (χ1v) is 25.8. The highest BCUT2D eigenvalue weighted by Gasteiger charge is 2.44. The molecule has 2 aromatic heterocycles. The van der Waals surface area contributed by atoms with Gasteiger partial charge in [-0.2, -0.15) is 0 Å². The first-order chi connectivity index (χ1) is 36.9. The second-order valence-electron chi connectivity index (χ2n) is 19.6. The van der Waals surface area contributed by atoms with Crippen LogP contribution in [0.5, 0.6) is 0 Å². The number of nitrogens with zero attached hydrogens (tertiary/aromatic N) is 3. The van der Waals surface area contributed by atoms with Crippen LogP contribution in [0.4, 0.5) is 0 Å². The fraction of sp³-hybridized carbons (Fsp3) is 0.462. The molecule has 3 saturated heterocycles. The molecular formula is C52H67N15O10. The standard InChI is InChI=1S/C52H67N15O10/c1-29(68)42-16-9-19-66(42)51(77)43-17-10-20-67(43)50(76)40-24-44(70)58-27-41(60-30(2)69)49(75)64-39(23-33-26-55-28-59-33)48(74)62-37(21-31-11-4-3-5-12-31)46(72)61-36(15-8-18-56-52(53)54)45(71)63-38(47(73)65-40)22-32-25-57-35-14-7-6-13-34(32)35/h3-7,11-14,25-26,28,36-43,57H,8-10,15-24,27H2,1-2H3,(H,55,59)(H,58,70)(H,60,69)(H,61,72)(H,62,74)(H,63,71)(H,64,75)(H,65,73)(H4,53,54,56)/t36-,37+,38-,39-,40-,41-,42-,43-/m0/s1. The van der Waals surface area contributed by atoms with Gasteiger partial charge < -0.3 is 68.0 Å². The van der Waals surface area contributed by atoms with Gasteiger partial charge >= 0.3 is 0 Å². The van der Waals surface area contributed by atoms with Crippen LogP contribution in [0.1, 0.15) is 75.6 Å². The second-order valence-corrected chi connectivity index (χ2v) is 19.6. The van der Waals surface area contributed by atoms with Crippen molar-refractivity contribution in [1.29, 1.82) is 5.41 Å². The van der Waals surface area contributed by atoms with Crippen LogP contribution in [0.15, 0.2) is 73.3 Å². The van der Waals surface area contributed by atoms with Gasteiger partial charge in [0.05, 0.1) is 24.5 Å². The number of hydrogen-bond acceptors (Lipinski definition) is 12. The third kappa shape index (κ3) is 15.0. The summed E-state index contributed by atoms with van der Waals surface area (Å²) >= 11 is 0. The van der Waals surface area contributed by atoms with Crippen molar-refractivity contribution in [1.82, 2.24) is 67.3 Å². The summed E-state index contributed by atoms with van der Waals surface area (Å²) in [6.07, 6.45) is 5.06. The van der Waals surface area contributed by atoms with Crippen LogP contribution in [0.25, 0.3) is 10.9 Å². The Kier molecular flexibility index (Phi) is 19.1. The number of carbonyl (C=O) groups excluding carboxylic acids is 10. The Morgan fingerprint density at radius 3 is 2.00 bits per heavy atom. The summed E-state index contributed by atoms with van der Waals surface area (Å²) in [6, 6.07) is 5.32. The number of nitrogens with one attached hydrogen (secondary N) is 11. The number of para-hydroxylation sites is 1. The van der Waals surface area contributed by atoms with Gasteiger partial charge in [0, 0.05) is 75.7 Å². The lowest BCUT2D eigenvalue weighted by atomic mass is 10.0.